The maximum absolute atomic E-state index is 13.9. The van der Waals surface area contributed by atoms with Gasteiger partial charge >= 0.3 is 0 Å². The molecule has 10 heteroatoms. The van der Waals surface area contributed by atoms with Gasteiger partial charge in [-0.2, -0.15) is 5.26 Å². The summed E-state index contributed by atoms with van der Waals surface area (Å²) in [6.45, 7) is 1.77. The van der Waals surface area contributed by atoms with Gasteiger partial charge in [0.15, 0.2) is 0 Å². The topological polar surface area (TPSA) is 105 Å². The van der Waals surface area contributed by atoms with Crippen molar-refractivity contribution in [1.29, 1.82) is 5.26 Å². The first-order valence-electron chi connectivity index (χ1n) is 8.79. The molecule has 0 unspecified atom stereocenters. The van der Waals surface area contributed by atoms with E-state index in [9.17, 15) is 14.0 Å². The SMILES string of the molecule is C[C@@H](Nc1ncnc(N)c1C#N)c1nc2ccc(Cl)cc2n1-c1cc(F)cc(F)c1. The largest absolute Gasteiger partial charge is 0.382 e. The minimum atomic E-state index is -0.726. The zero-order chi connectivity index (χ0) is 21.4. The predicted molar refractivity (Wildman–Crippen MR) is 109 cm³/mol. The van der Waals surface area contributed by atoms with Crippen molar-refractivity contribution in [2.75, 3.05) is 11.1 Å². The van der Waals surface area contributed by atoms with E-state index >= 15 is 0 Å². The molecule has 3 N–H and O–H groups in total. The Labute approximate surface area is 174 Å². The molecule has 30 heavy (non-hydrogen) atoms. The molecule has 7 nitrogen and oxygen atoms in total. The van der Waals surface area contributed by atoms with Gasteiger partial charge in [0, 0.05) is 11.1 Å². The summed E-state index contributed by atoms with van der Waals surface area (Å²) >= 11 is 6.14. The van der Waals surface area contributed by atoms with Crippen LogP contribution in [0.2, 0.25) is 5.02 Å². The van der Waals surface area contributed by atoms with Gasteiger partial charge in [0.2, 0.25) is 0 Å². The van der Waals surface area contributed by atoms with Crippen molar-refractivity contribution in [2.24, 2.45) is 0 Å². The fourth-order valence-corrected chi connectivity index (χ4v) is 3.35. The van der Waals surface area contributed by atoms with Crippen LogP contribution in [-0.2, 0) is 0 Å². The zero-order valence-corrected chi connectivity index (χ0v) is 16.3. The molecule has 0 saturated heterocycles. The Balaban J connectivity index is 1.89. The number of nitrogen functional groups attached to an aromatic ring is 1. The van der Waals surface area contributed by atoms with Crippen LogP contribution in [0.5, 0.6) is 0 Å². The highest BCUT2D eigenvalue weighted by Gasteiger charge is 2.21. The van der Waals surface area contributed by atoms with Gasteiger partial charge < -0.3 is 11.1 Å². The molecule has 2 heterocycles. The number of fused-ring (bicyclic) bond motifs is 1. The molecule has 0 amide bonds. The van der Waals surface area contributed by atoms with Crippen molar-refractivity contribution in [1.82, 2.24) is 19.5 Å². The number of rotatable bonds is 4. The summed E-state index contributed by atoms with van der Waals surface area (Å²) in [5.41, 5.74) is 7.22. The third kappa shape index (κ3) is 3.49. The highest BCUT2D eigenvalue weighted by Crippen LogP contribution is 2.30. The van der Waals surface area contributed by atoms with Gasteiger partial charge in [0.05, 0.1) is 22.8 Å². The second kappa shape index (κ2) is 7.57. The Kier molecular flexibility index (Phi) is 4.93. The molecule has 0 bridgehead atoms. The minimum Gasteiger partial charge on any atom is -0.382 e. The number of imidazole rings is 1. The molecule has 2 aromatic carbocycles. The molecule has 0 fully saturated rings. The van der Waals surface area contributed by atoms with Crippen LogP contribution in [0.4, 0.5) is 20.4 Å². The Bertz CT molecular complexity index is 1290. The summed E-state index contributed by atoms with van der Waals surface area (Å²) < 4.78 is 29.5. The molecular formula is C20H14ClF2N7. The molecule has 0 aliphatic carbocycles. The summed E-state index contributed by atoms with van der Waals surface area (Å²) in [5.74, 6) is -0.765. The molecule has 0 spiro atoms. The smallest absolute Gasteiger partial charge is 0.150 e. The fourth-order valence-electron chi connectivity index (χ4n) is 3.19. The summed E-state index contributed by atoms with van der Waals surface area (Å²) in [4.78, 5) is 12.5. The van der Waals surface area contributed by atoms with Crippen LogP contribution < -0.4 is 11.1 Å². The second-order valence-electron chi connectivity index (χ2n) is 6.53. The number of nitrogens with one attached hydrogen (secondary N) is 1. The number of aromatic nitrogens is 4. The summed E-state index contributed by atoms with van der Waals surface area (Å²) in [6.07, 6.45) is 1.23. The van der Waals surface area contributed by atoms with E-state index in [2.05, 4.69) is 20.3 Å². The predicted octanol–water partition coefficient (Wildman–Crippen LogP) is 4.37. The normalized spacial score (nSPS) is 12.0. The van der Waals surface area contributed by atoms with Gasteiger partial charge in [0.25, 0.3) is 0 Å². The number of halogens is 3. The number of hydrogen-bond acceptors (Lipinski definition) is 6. The highest BCUT2D eigenvalue weighted by atomic mass is 35.5. The first-order chi connectivity index (χ1) is 14.4. The fraction of sp³-hybridized carbons (Fsp3) is 0.100. The number of hydrogen-bond donors (Lipinski definition) is 2. The van der Waals surface area contributed by atoms with E-state index in [-0.39, 0.29) is 22.9 Å². The number of benzene rings is 2. The second-order valence-corrected chi connectivity index (χ2v) is 6.96. The summed E-state index contributed by atoms with van der Waals surface area (Å²) in [5, 5.41) is 12.9. The molecule has 0 saturated carbocycles. The standard InChI is InChI=1S/C20H14ClF2N7/c1-10(28-19-15(8-24)18(25)26-9-27-19)20-29-16-3-2-11(21)4-17(16)30(20)14-6-12(22)5-13(23)7-14/h2-7,9-10H,1H3,(H3,25,26,27,28)/t10-/m1/s1. The van der Waals surface area contributed by atoms with E-state index in [1.165, 1.54) is 18.5 Å². The van der Waals surface area contributed by atoms with Crippen LogP contribution in [-0.4, -0.2) is 19.5 Å². The van der Waals surface area contributed by atoms with Gasteiger partial charge in [-0.3, -0.25) is 4.57 Å². The van der Waals surface area contributed by atoms with E-state index in [0.717, 1.165) is 6.07 Å². The first-order valence-corrected chi connectivity index (χ1v) is 9.16. The Morgan fingerprint density at radius 2 is 1.90 bits per heavy atom. The van der Waals surface area contributed by atoms with Gasteiger partial charge in [-0.05, 0) is 37.3 Å². The van der Waals surface area contributed by atoms with Gasteiger partial charge in [-0.25, -0.2) is 23.7 Å². The van der Waals surface area contributed by atoms with E-state index in [0.29, 0.717) is 21.9 Å². The van der Waals surface area contributed by atoms with Crippen LogP contribution >= 0.6 is 11.6 Å². The summed E-state index contributed by atoms with van der Waals surface area (Å²) in [6, 6.07) is 9.67. The van der Waals surface area contributed by atoms with Crippen LogP contribution in [0.25, 0.3) is 16.7 Å². The van der Waals surface area contributed by atoms with Crippen molar-refractivity contribution in [3.05, 3.63) is 70.8 Å². The number of nitrogens with zero attached hydrogens (tertiary/aromatic N) is 5. The minimum absolute atomic E-state index is 0.0367. The van der Waals surface area contributed by atoms with Crippen LogP contribution in [0.15, 0.2) is 42.7 Å². The molecule has 0 radical (unpaired) electrons. The van der Waals surface area contributed by atoms with Crippen LogP contribution in [0.1, 0.15) is 24.4 Å². The Morgan fingerprint density at radius 1 is 1.17 bits per heavy atom. The maximum Gasteiger partial charge on any atom is 0.150 e. The average molecular weight is 426 g/mol. The van der Waals surface area contributed by atoms with E-state index in [1.807, 2.05) is 6.07 Å². The third-order valence-corrected chi connectivity index (χ3v) is 4.71. The molecular weight excluding hydrogens is 412 g/mol. The lowest BCUT2D eigenvalue weighted by molar-refractivity contribution is 0.581. The lowest BCUT2D eigenvalue weighted by Crippen LogP contribution is -2.15. The lowest BCUT2D eigenvalue weighted by atomic mass is 10.2. The molecule has 0 aliphatic rings. The van der Waals surface area contributed by atoms with Crippen molar-refractivity contribution < 1.29 is 8.78 Å². The molecule has 150 valence electrons. The third-order valence-electron chi connectivity index (χ3n) is 4.48. The molecule has 0 aliphatic heterocycles. The Morgan fingerprint density at radius 3 is 2.60 bits per heavy atom. The molecule has 4 aromatic rings. The first kappa shape index (κ1) is 19.5. The molecule has 4 rings (SSSR count). The van der Waals surface area contributed by atoms with E-state index in [1.54, 1.807) is 29.7 Å². The quantitative estimate of drug-likeness (QED) is 0.502. The van der Waals surface area contributed by atoms with E-state index in [4.69, 9.17) is 17.3 Å². The monoisotopic (exact) mass is 425 g/mol. The number of nitriles is 1. The average Bonchev–Trinajstić information content (AvgIpc) is 3.06. The van der Waals surface area contributed by atoms with Gasteiger partial charge in [0.1, 0.15) is 47.1 Å². The zero-order valence-electron chi connectivity index (χ0n) is 15.6. The maximum atomic E-state index is 13.9. The van der Waals surface area contributed by atoms with Gasteiger partial charge in [-0.15, -0.1) is 0 Å². The lowest BCUT2D eigenvalue weighted by Gasteiger charge is -2.18. The Hall–Kier alpha value is -3.77. The number of nitrogens with two attached hydrogens (primary N) is 1. The highest BCUT2D eigenvalue weighted by molar-refractivity contribution is 6.31. The number of anilines is 2. The van der Waals surface area contributed by atoms with Crippen molar-refractivity contribution in [3.63, 3.8) is 0 Å². The van der Waals surface area contributed by atoms with Crippen LogP contribution in [0.3, 0.4) is 0 Å². The van der Waals surface area contributed by atoms with E-state index < -0.39 is 17.7 Å². The summed E-state index contributed by atoms with van der Waals surface area (Å²) in [7, 11) is 0. The van der Waals surface area contributed by atoms with Gasteiger partial charge in [-0.1, -0.05) is 11.6 Å². The molecule has 1 atom stereocenters. The van der Waals surface area contributed by atoms with Crippen molar-refractivity contribution in [2.45, 2.75) is 13.0 Å². The van der Waals surface area contributed by atoms with Crippen molar-refractivity contribution in [3.8, 4) is 11.8 Å². The molecule has 2 aromatic heterocycles. The van der Waals surface area contributed by atoms with Crippen LogP contribution in [0, 0.1) is 23.0 Å². The van der Waals surface area contributed by atoms with Crippen molar-refractivity contribution >= 4 is 34.3 Å².